The lowest BCUT2D eigenvalue weighted by Gasteiger charge is -2.32. The van der Waals surface area contributed by atoms with Crippen LogP contribution in [0.5, 0.6) is 0 Å². The summed E-state index contributed by atoms with van der Waals surface area (Å²) in [5, 5.41) is 8.88. The van der Waals surface area contributed by atoms with Gasteiger partial charge in [0, 0.05) is 23.4 Å². The van der Waals surface area contributed by atoms with Gasteiger partial charge in [0.25, 0.3) is 0 Å². The molecule has 0 saturated carbocycles. The molecule has 0 fully saturated rings. The Balaban J connectivity index is 1.75. The Hall–Kier alpha value is -2.08. The first-order valence-electron chi connectivity index (χ1n) is 8.95. The number of fused-ring (bicyclic) bond motifs is 1. The van der Waals surface area contributed by atoms with E-state index >= 15 is 0 Å². The van der Waals surface area contributed by atoms with Crippen molar-refractivity contribution in [3.05, 3.63) is 47.2 Å². The van der Waals surface area contributed by atoms with Crippen LogP contribution in [0, 0.1) is 0 Å². The van der Waals surface area contributed by atoms with E-state index < -0.39 is 0 Å². The van der Waals surface area contributed by atoms with Crippen LogP contribution in [-0.4, -0.2) is 26.3 Å². The number of nitrogens with one attached hydrogen (secondary N) is 1. The Labute approximate surface area is 151 Å². The number of anilines is 1. The van der Waals surface area contributed by atoms with Crippen LogP contribution >= 0.6 is 11.8 Å². The standard InChI is InChI=1S/C19H22N4OS/c1-2-3-12-25-19-21-18-20-14-10-7-11-15(24)16(14)17(23(18)22-19)13-8-5-4-6-9-13/h4-6,8-9,17H,2-3,7,10-12H2,1H3,(H,20,21,22). The number of carbonyl (C=O) groups is 1. The fraction of sp³-hybridized carbons (Fsp3) is 0.421. The zero-order valence-electron chi connectivity index (χ0n) is 14.4. The van der Waals surface area contributed by atoms with Crippen molar-refractivity contribution >= 4 is 23.5 Å². The van der Waals surface area contributed by atoms with Gasteiger partial charge in [-0.1, -0.05) is 55.4 Å². The minimum absolute atomic E-state index is 0.173. The third-order valence-electron chi connectivity index (χ3n) is 4.69. The number of carbonyl (C=O) groups excluding carboxylic acids is 1. The highest BCUT2D eigenvalue weighted by Gasteiger charge is 2.36. The molecule has 130 valence electrons. The zero-order chi connectivity index (χ0) is 17.2. The van der Waals surface area contributed by atoms with Crippen molar-refractivity contribution in [2.75, 3.05) is 11.1 Å². The van der Waals surface area contributed by atoms with E-state index in [0.717, 1.165) is 59.4 Å². The summed E-state index contributed by atoms with van der Waals surface area (Å²) in [7, 11) is 0. The Morgan fingerprint density at radius 2 is 2.12 bits per heavy atom. The number of ketones is 1. The Morgan fingerprint density at radius 1 is 1.28 bits per heavy atom. The largest absolute Gasteiger partial charge is 0.328 e. The predicted octanol–water partition coefficient (Wildman–Crippen LogP) is 4.19. The lowest BCUT2D eigenvalue weighted by Crippen LogP contribution is -2.31. The molecule has 1 N–H and O–H groups in total. The number of thioether (sulfide) groups is 1. The molecular weight excluding hydrogens is 332 g/mol. The number of rotatable bonds is 5. The summed E-state index contributed by atoms with van der Waals surface area (Å²) in [4.78, 5) is 17.3. The molecule has 6 heteroatoms. The molecule has 1 aliphatic heterocycles. The first kappa shape index (κ1) is 16.4. The molecule has 4 rings (SSSR count). The van der Waals surface area contributed by atoms with Crippen molar-refractivity contribution in [2.24, 2.45) is 0 Å². The second-order valence-corrected chi connectivity index (χ2v) is 7.53. The third-order valence-corrected chi connectivity index (χ3v) is 5.62. The molecule has 2 aliphatic rings. The van der Waals surface area contributed by atoms with Crippen LogP contribution < -0.4 is 5.32 Å². The highest BCUT2D eigenvalue weighted by atomic mass is 32.2. The fourth-order valence-electron chi connectivity index (χ4n) is 3.45. The molecule has 2 heterocycles. The smallest absolute Gasteiger partial charge is 0.227 e. The minimum Gasteiger partial charge on any atom is -0.328 e. The topological polar surface area (TPSA) is 59.8 Å². The number of hydrogen-bond donors (Lipinski definition) is 1. The SMILES string of the molecule is CCCCSc1nc2n(n1)C(c1ccccc1)C1=C(CCCC1=O)N2. The predicted molar refractivity (Wildman–Crippen MR) is 99.7 cm³/mol. The lowest BCUT2D eigenvalue weighted by molar-refractivity contribution is -0.116. The van der Waals surface area contributed by atoms with Gasteiger partial charge in [0.05, 0.1) is 0 Å². The highest BCUT2D eigenvalue weighted by molar-refractivity contribution is 7.99. The van der Waals surface area contributed by atoms with Crippen LogP contribution in [0.25, 0.3) is 0 Å². The Bertz CT molecular complexity index is 812. The Morgan fingerprint density at radius 3 is 2.92 bits per heavy atom. The average molecular weight is 354 g/mol. The van der Waals surface area contributed by atoms with E-state index in [1.54, 1.807) is 11.8 Å². The van der Waals surface area contributed by atoms with Gasteiger partial charge in [0.15, 0.2) is 5.78 Å². The van der Waals surface area contributed by atoms with Crippen LogP contribution in [0.4, 0.5) is 5.95 Å². The van der Waals surface area contributed by atoms with Gasteiger partial charge in [0.2, 0.25) is 11.1 Å². The summed E-state index contributed by atoms with van der Waals surface area (Å²) in [5.74, 6) is 1.99. The van der Waals surface area contributed by atoms with E-state index in [-0.39, 0.29) is 11.8 Å². The van der Waals surface area contributed by atoms with Crippen LogP contribution in [0.15, 0.2) is 46.8 Å². The van der Waals surface area contributed by atoms with Crippen molar-refractivity contribution in [1.82, 2.24) is 14.8 Å². The van der Waals surface area contributed by atoms with Crippen molar-refractivity contribution < 1.29 is 4.79 Å². The van der Waals surface area contributed by atoms with E-state index in [9.17, 15) is 4.79 Å². The molecular formula is C19H22N4OS. The van der Waals surface area contributed by atoms with Crippen molar-refractivity contribution in [2.45, 2.75) is 50.2 Å². The second kappa shape index (κ2) is 7.04. The number of unbranched alkanes of at least 4 members (excludes halogenated alkanes) is 1. The number of hydrogen-bond acceptors (Lipinski definition) is 5. The monoisotopic (exact) mass is 354 g/mol. The van der Waals surface area contributed by atoms with Gasteiger partial charge in [0.1, 0.15) is 6.04 Å². The number of Topliss-reactive ketones (excluding diaryl/α,β-unsaturated/α-hetero) is 1. The molecule has 0 radical (unpaired) electrons. The molecule has 1 aliphatic carbocycles. The maximum absolute atomic E-state index is 12.7. The molecule has 1 atom stereocenters. The summed E-state index contributed by atoms with van der Waals surface area (Å²) in [5.41, 5.74) is 2.97. The molecule has 25 heavy (non-hydrogen) atoms. The molecule has 5 nitrogen and oxygen atoms in total. The minimum atomic E-state index is -0.173. The van der Waals surface area contributed by atoms with E-state index in [0.29, 0.717) is 6.42 Å². The van der Waals surface area contributed by atoms with Crippen molar-refractivity contribution in [1.29, 1.82) is 0 Å². The molecule has 1 unspecified atom stereocenters. The number of nitrogens with zero attached hydrogens (tertiary/aromatic N) is 3. The van der Waals surface area contributed by atoms with Crippen LogP contribution in [-0.2, 0) is 4.79 Å². The van der Waals surface area contributed by atoms with Crippen LogP contribution in [0.2, 0.25) is 0 Å². The summed E-state index contributed by atoms with van der Waals surface area (Å²) < 4.78 is 1.89. The summed E-state index contributed by atoms with van der Waals surface area (Å²) in [6.07, 6.45) is 4.73. The van der Waals surface area contributed by atoms with E-state index in [4.69, 9.17) is 5.10 Å². The molecule has 1 aromatic carbocycles. The second-order valence-electron chi connectivity index (χ2n) is 6.47. The molecule has 1 aromatic heterocycles. The highest BCUT2D eigenvalue weighted by Crippen LogP contribution is 2.40. The molecule has 0 saturated heterocycles. The maximum Gasteiger partial charge on any atom is 0.227 e. The van der Waals surface area contributed by atoms with E-state index in [1.807, 2.05) is 22.9 Å². The van der Waals surface area contributed by atoms with E-state index in [2.05, 4.69) is 29.4 Å². The first-order valence-corrected chi connectivity index (χ1v) is 9.94. The van der Waals surface area contributed by atoms with Gasteiger partial charge in [-0.2, -0.15) is 4.98 Å². The van der Waals surface area contributed by atoms with Gasteiger partial charge < -0.3 is 5.32 Å². The number of benzene rings is 1. The fourth-order valence-corrected chi connectivity index (χ4v) is 4.36. The quantitative estimate of drug-likeness (QED) is 0.644. The first-order chi connectivity index (χ1) is 12.3. The molecule has 0 bridgehead atoms. The van der Waals surface area contributed by atoms with Gasteiger partial charge in [-0.3, -0.25) is 4.79 Å². The summed E-state index contributed by atoms with van der Waals surface area (Å²) >= 11 is 1.68. The van der Waals surface area contributed by atoms with Gasteiger partial charge in [-0.15, -0.1) is 5.10 Å². The average Bonchev–Trinajstić information content (AvgIpc) is 3.03. The zero-order valence-corrected chi connectivity index (χ0v) is 15.2. The van der Waals surface area contributed by atoms with Crippen molar-refractivity contribution in [3.8, 4) is 0 Å². The van der Waals surface area contributed by atoms with E-state index in [1.165, 1.54) is 0 Å². The summed E-state index contributed by atoms with van der Waals surface area (Å²) in [6.45, 7) is 2.18. The van der Waals surface area contributed by atoms with Crippen molar-refractivity contribution in [3.63, 3.8) is 0 Å². The molecule has 0 amide bonds. The molecule has 2 aromatic rings. The van der Waals surface area contributed by atoms with Gasteiger partial charge >= 0.3 is 0 Å². The summed E-state index contributed by atoms with van der Waals surface area (Å²) in [6, 6.07) is 9.98. The molecule has 0 spiro atoms. The van der Waals surface area contributed by atoms with Crippen LogP contribution in [0.3, 0.4) is 0 Å². The number of aromatic nitrogens is 3. The third kappa shape index (κ3) is 3.11. The Kier molecular flexibility index (Phi) is 4.61. The van der Waals surface area contributed by atoms with Gasteiger partial charge in [-0.05, 0) is 24.8 Å². The van der Waals surface area contributed by atoms with Gasteiger partial charge in [-0.25, -0.2) is 4.68 Å². The number of allylic oxidation sites excluding steroid dienone is 2. The maximum atomic E-state index is 12.7. The lowest BCUT2D eigenvalue weighted by atomic mass is 9.85. The normalized spacial score (nSPS) is 19.4. The van der Waals surface area contributed by atoms with Crippen LogP contribution in [0.1, 0.15) is 50.6 Å².